The normalized spacial score (nSPS) is 9.20. The van der Waals surface area contributed by atoms with Crippen LogP contribution in [-0.2, 0) is 0 Å². The van der Waals surface area contributed by atoms with Crippen LogP contribution in [0.1, 0.15) is 103 Å². The van der Waals surface area contributed by atoms with Crippen molar-refractivity contribution in [3.8, 4) is 0 Å². The molecule has 0 aromatic carbocycles. The fourth-order valence-corrected chi connectivity index (χ4v) is 0.333. The molecule has 20 heavy (non-hydrogen) atoms. The SMILES string of the molecule is C/C=C(\C)CC.CC.CC.CC.CC.CCC(C)CO. The molecule has 0 radical (unpaired) electrons. The van der Waals surface area contributed by atoms with Gasteiger partial charge < -0.3 is 5.11 Å². The number of rotatable bonds is 3. The minimum absolute atomic E-state index is 0.330. The third-order valence-electron chi connectivity index (χ3n) is 2.06. The van der Waals surface area contributed by atoms with E-state index in [9.17, 15) is 0 Å². The summed E-state index contributed by atoms with van der Waals surface area (Å²) in [4.78, 5) is 0. The van der Waals surface area contributed by atoms with E-state index in [1.165, 1.54) is 12.0 Å². The highest BCUT2D eigenvalue weighted by molar-refractivity contribution is 4.93. The average molecular weight is 293 g/mol. The zero-order valence-electron chi connectivity index (χ0n) is 17.2. The van der Waals surface area contributed by atoms with Gasteiger partial charge in [-0.1, -0.05) is 94.2 Å². The van der Waals surface area contributed by atoms with Gasteiger partial charge in [-0.15, -0.1) is 0 Å². The van der Waals surface area contributed by atoms with Crippen molar-refractivity contribution in [2.45, 2.75) is 103 Å². The first kappa shape index (κ1) is 36.7. The van der Waals surface area contributed by atoms with E-state index in [-0.39, 0.29) is 0 Å². The first-order valence-corrected chi connectivity index (χ1v) is 8.84. The molecular weight excluding hydrogens is 244 g/mol. The minimum Gasteiger partial charge on any atom is -0.396 e. The monoisotopic (exact) mass is 292 g/mol. The van der Waals surface area contributed by atoms with E-state index in [0.717, 1.165) is 6.42 Å². The van der Waals surface area contributed by atoms with Crippen LogP contribution in [0.5, 0.6) is 0 Å². The Balaban J connectivity index is -0.0000000328. The average Bonchev–Trinajstić information content (AvgIpc) is 2.60. The molecule has 0 aliphatic heterocycles. The number of aliphatic hydroxyl groups is 1. The van der Waals surface area contributed by atoms with Crippen molar-refractivity contribution in [3.63, 3.8) is 0 Å². The van der Waals surface area contributed by atoms with Gasteiger partial charge in [-0.2, -0.15) is 0 Å². The molecule has 0 aromatic rings. The van der Waals surface area contributed by atoms with Gasteiger partial charge in [0.15, 0.2) is 0 Å². The van der Waals surface area contributed by atoms with Gasteiger partial charge in [0.2, 0.25) is 0 Å². The molecule has 0 spiro atoms. The number of allylic oxidation sites excluding steroid dienone is 2. The Morgan fingerprint density at radius 2 is 1.20 bits per heavy atom. The maximum atomic E-state index is 8.33. The lowest BCUT2D eigenvalue weighted by atomic mass is 10.1. The molecule has 0 aliphatic rings. The minimum atomic E-state index is 0.330. The van der Waals surface area contributed by atoms with Crippen molar-refractivity contribution in [2.24, 2.45) is 5.92 Å². The zero-order chi connectivity index (χ0) is 18.0. The quantitative estimate of drug-likeness (QED) is 0.534. The van der Waals surface area contributed by atoms with E-state index >= 15 is 0 Å². The topological polar surface area (TPSA) is 20.2 Å². The molecule has 0 amide bonds. The van der Waals surface area contributed by atoms with Crippen molar-refractivity contribution in [1.82, 2.24) is 0 Å². The summed E-state index contributed by atoms with van der Waals surface area (Å²) in [5, 5.41) is 8.33. The lowest BCUT2D eigenvalue weighted by Gasteiger charge is -1.98. The Morgan fingerprint density at radius 1 is 0.900 bits per heavy atom. The van der Waals surface area contributed by atoms with Crippen LogP contribution in [0.15, 0.2) is 11.6 Å². The first-order chi connectivity index (χ1) is 9.62. The molecule has 130 valence electrons. The molecule has 0 aromatic heterocycles. The maximum Gasteiger partial charge on any atom is 0.0456 e. The van der Waals surface area contributed by atoms with Crippen molar-refractivity contribution in [2.75, 3.05) is 6.61 Å². The van der Waals surface area contributed by atoms with E-state index in [4.69, 9.17) is 5.11 Å². The molecule has 0 saturated heterocycles. The fraction of sp³-hybridized carbons (Fsp3) is 0.895. The lowest BCUT2D eigenvalue weighted by Crippen LogP contribution is -1.96. The predicted octanol–water partition coefficient (Wildman–Crippen LogP) is 7.49. The highest BCUT2D eigenvalue weighted by Crippen LogP contribution is 1.95. The van der Waals surface area contributed by atoms with Gasteiger partial charge >= 0.3 is 0 Å². The summed E-state index contributed by atoms with van der Waals surface area (Å²) < 4.78 is 0. The molecular formula is C19H48O. The highest BCUT2D eigenvalue weighted by Gasteiger charge is 1.90. The molecule has 1 unspecified atom stereocenters. The van der Waals surface area contributed by atoms with Crippen LogP contribution < -0.4 is 0 Å². The molecule has 0 aliphatic carbocycles. The Kier molecular flexibility index (Phi) is 114. The van der Waals surface area contributed by atoms with Crippen molar-refractivity contribution in [1.29, 1.82) is 0 Å². The van der Waals surface area contributed by atoms with Crippen LogP contribution in [0.3, 0.4) is 0 Å². The number of hydrogen-bond acceptors (Lipinski definition) is 1. The molecule has 0 saturated carbocycles. The summed E-state index contributed by atoms with van der Waals surface area (Å²) >= 11 is 0. The molecule has 1 nitrogen and oxygen atoms in total. The third kappa shape index (κ3) is 83.3. The van der Waals surface area contributed by atoms with Crippen molar-refractivity contribution < 1.29 is 5.11 Å². The third-order valence-corrected chi connectivity index (χ3v) is 2.06. The second-order valence-corrected chi connectivity index (χ2v) is 3.18. The lowest BCUT2D eigenvalue weighted by molar-refractivity contribution is 0.234. The molecule has 1 atom stereocenters. The Hall–Kier alpha value is -0.300. The molecule has 0 heterocycles. The summed E-state index contributed by atoms with van der Waals surface area (Å²) in [6.45, 7) is 26.8. The van der Waals surface area contributed by atoms with Crippen molar-refractivity contribution >= 4 is 0 Å². The largest absolute Gasteiger partial charge is 0.396 e. The smallest absolute Gasteiger partial charge is 0.0456 e. The van der Waals surface area contributed by atoms with Crippen LogP contribution in [-0.4, -0.2) is 11.7 Å². The van der Waals surface area contributed by atoms with Crippen LogP contribution in [0, 0.1) is 5.92 Å². The molecule has 1 heteroatoms. The molecule has 0 rings (SSSR count). The van der Waals surface area contributed by atoms with E-state index in [2.05, 4.69) is 33.8 Å². The van der Waals surface area contributed by atoms with Crippen LogP contribution in [0.2, 0.25) is 0 Å². The summed E-state index contributed by atoms with van der Waals surface area (Å²) in [7, 11) is 0. The number of aliphatic hydroxyl groups excluding tert-OH is 1. The number of hydrogen-bond donors (Lipinski definition) is 1. The fourth-order valence-electron chi connectivity index (χ4n) is 0.333. The van der Waals surface area contributed by atoms with E-state index in [1.54, 1.807) is 0 Å². The Morgan fingerprint density at radius 3 is 1.20 bits per heavy atom. The summed E-state index contributed by atoms with van der Waals surface area (Å²) in [5.41, 5.74) is 1.47. The maximum absolute atomic E-state index is 8.33. The highest BCUT2D eigenvalue weighted by atomic mass is 16.3. The van der Waals surface area contributed by atoms with E-state index < -0.39 is 0 Å². The van der Waals surface area contributed by atoms with Crippen LogP contribution in [0.4, 0.5) is 0 Å². The Labute approximate surface area is 132 Å². The van der Waals surface area contributed by atoms with Gasteiger partial charge in [0.25, 0.3) is 0 Å². The van der Waals surface area contributed by atoms with E-state index in [0.29, 0.717) is 12.5 Å². The standard InChI is InChI=1S/C6H12.C5H12O.4C2H6/c1-4-6(3)5-2;1-3-5(2)4-6;4*1-2/h4H,5H2,1-3H3;5-6H,3-4H2,1-2H3;4*1-2H3/b6-4+;;;;;. The zero-order valence-corrected chi connectivity index (χ0v) is 17.2. The van der Waals surface area contributed by atoms with Gasteiger partial charge in [0.1, 0.15) is 0 Å². The molecule has 1 N–H and O–H groups in total. The summed E-state index contributed by atoms with van der Waals surface area (Å²) in [6.07, 6.45) is 4.41. The van der Waals surface area contributed by atoms with Crippen molar-refractivity contribution in [3.05, 3.63) is 11.6 Å². The van der Waals surface area contributed by atoms with E-state index in [1.807, 2.05) is 62.3 Å². The van der Waals surface area contributed by atoms with Gasteiger partial charge in [-0.3, -0.25) is 0 Å². The van der Waals surface area contributed by atoms with Crippen LogP contribution in [0.25, 0.3) is 0 Å². The van der Waals surface area contributed by atoms with Crippen LogP contribution >= 0.6 is 0 Å². The Bertz CT molecular complexity index is 102. The second kappa shape index (κ2) is 62.3. The summed E-state index contributed by atoms with van der Waals surface area (Å²) in [5.74, 6) is 0.491. The van der Waals surface area contributed by atoms with Gasteiger partial charge in [0.05, 0.1) is 0 Å². The van der Waals surface area contributed by atoms with Gasteiger partial charge in [-0.25, -0.2) is 0 Å². The van der Waals surface area contributed by atoms with Gasteiger partial charge in [0, 0.05) is 6.61 Å². The van der Waals surface area contributed by atoms with Gasteiger partial charge in [-0.05, 0) is 26.2 Å². The summed E-state index contributed by atoms with van der Waals surface area (Å²) in [6, 6.07) is 0. The molecule has 0 fully saturated rings. The second-order valence-electron chi connectivity index (χ2n) is 3.18. The first-order valence-electron chi connectivity index (χ1n) is 8.84. The molecule has 0 bridgehead atoms. The predicted molar refractivity (Wildman–Crippen MR) is 102 cm³/mol.